The van der Waals surface area contributed by atoms with Crippen molar-refractivity contribution in [3.05, 3.63) is 70.4 Å². The third kappa shape index (κ3) is 4.26. The van der Waals surface area contributed by atoms with Crippen molar-refractivity contribution in [3.8, 4) is 11.3 Å². The number of oxime groups is 1. The van der Waals surface area contributed by atoms with Crippen LogP contribution in [0.5, 0.6) is 0 Å². The highest BCUT2D eigenvalue weighted by Gasteiger charge is 2.10. The molecule has 3 aromatic rings. The van der Waals surface area contributed by atoms with E-state index >= 15 is 0 Å². The summed E-state index contributed by atoms with van der Waals surface area (Å²) < 4.78 is 5.87. The average Bonchev–Trinajstić information content (AvgIpc) is 3.22. The Balaban J connectivity index is 1.40. The summed E-state index contributed by atoms with van der Waals surface area (Å²) in [6.07, 6.45) is 4.27. The fourth-order valence-corrected chi connectivity index (χ4v) is 3.31. The van der Waals surface area contributed by atoms with Crippen LogP contribution in [-0.2, 0) is 4.84 Å². The number of rotatable bonds is 6. The van der Waals surface area contributed by atoms with Gasteiger partial charge in [-0.05, 0) is 43.6 Å². The maximum Gasteiger partial charge on any atom is 0.193 e. The monoisotopic (exact) mass is 362 g/mol. The van der Waals surface area contributed by atoms with Crippen LogP contribution in [0.15, 0.2) is 69.0 Å². The summed E-state index contributed by atoms with van der Waals surface area (Å²) in [5.74, 6) is 0.559. The number of para-hydroxylation sites is 1. The minimum absolute atomic E-state index is 0.0381. The summed E-state index contributed by atoms with van der Waals surface area (Å²) in [5.41, 5.74) is 2.34. The first-order chi connectivity index (χ1) is 13.3. The third-order valence-electron chi connectivity index (χ3n) is 4.80. The molecule has 5 heteroatoms. The molecule has 1 aromatic heterocycles. The molecular weight excluding hydrogens is 340 g/mol. The Bertz CT molecular complexity index is 986. The fourth-order valence-electron chi connectivity index (χ4n) is 3.31. The van der Waals surface area contributed by atoms with Crippen LogP contribution in [0.1, 0.15) is 18.4 Å². The largest absolute Gasteiger partial charge is 0.456 e. The molecule has 2 aromatic carbocycles. The van der Waals surface area contributed by atoms with E-state index < -0.39 is 0 Å². The van der Waals surface area contributed by atoms with Gasteiger partial charge in [-0.1, -0.05) is 41.6 Å². The normalized spacial score (nSPS) is 15.0. The average molecular weight is 362 g/mol. The van der Waals surface area contributed by atoms with E-state index in [9.17, 15) is 4.79 Å². The molecular formula is C22H22N2O3. The Morgan fingerprint density at radius 2 is 1.85 bits per heavy atom. The zero-order valence-electron chi connectivity index (χ0n) is 15.1. The Morgan fingerprint density at radius 3 is 2.67 bits per heavy atom. The first-order valence-corrected chi connectivity index (χ1v) is 9.31. The van der Waals surface area contributed by atoms with E-state index in [1.165, 1.54) is 32.0 Å². The van der Waals surface area contributed by atoms with Crippen molar-refractivity contribution in [2.24, 2.45) is 5.16 Å². The van der Waals surface area contributed by atoms with Crippen molar-refractivity contribution in [1.29, 1.82) is 0 Å². The second-order valence-electron chi connectivity index (χ2n) is 6.71. The first kappa shape index (κ1) is 17.5. The highest BCUT2D eigenvalue weighted by atomic mass is 16.6. The molecule has 1 aliphatic rings. The number of hydrogen-bond acceptors (Lipinski definition) is 5. The van der Waals surface area contributed by atoms with Gasteiger partial charge >= 0.3 is 0 Å². The molecule has 2 heterocycles. The second kappa shape index (κ2) is 8.18. The van der Waals surface area contributed by atoms with Gasteiger partial charge < -0.3 is 9.25 Å². The molecule has 0 spiro atoms. The maximum absolute atomic E-state index is 12.2. The van der Waals surface area contributed by atoms with E-state index in [1.807, 2.05) is 36.4 Å². The van der Waals surface area contributed by atoms with Gasteiger partial charge in [-0.2, -0.15) is 0 Å². The Kier molecular flexibility index (Phi) is 5.30. The highest BCUT2D eigenvalue weighted by Crippen LogP contribution is 2.22. The van der Waals surface area contributed by atoms with Crippen molar-refractivity contribution < 1.29 is 9.25 Å². The van der Waals surface area contributed by atoms with Gasteiger partial charge in [0.2, 0.25) is 0 Å². The standard InChI is InChI=1S/C22H22N2O3/c25-20-15-22(27-21-6-2-1-5-19(20)21)18-9-7-17(8-10-18)16-23-26-14-13-24-11-3-4-12-24/h1-2,5-10,15-16H,3-4,11-14H2/b23-16+. The van der Waals surface area contributed by atoms with Gasteiger partial charge in [0, 0.05) is 18.2 Å². The van der Waals surface area contributed by atoms with Crippen LogP contribution in [0.4, 0.5) is 0 Å². The van der Waals surface area contributed by atoms with Crippen LogP contribution in [0.25, 0.3) is 22.3 Å². The highest BCUT2D eigenvalue weighted by molar-refractivity contribution is 5.81. The van der Waals surface area contributed by atoms with Crippen molar-refractivity contribution in [2.75, 3.05) is 26.2 Å². The number of benzene rings is 2. The quantitative estimate of drug-likeness (QED) is 0.379. The molecule has 0 unspecified atom stereocenters. The van der Waals surface area contributed by atoms with Gasteiger partial charge in [0.05, 0.1) is 11.6 Å². The predicted octanol–water partition coefficient (Wildman–Crippen LogP) is 3.91. The van der Waals surface area contributed by atoms with Crippen molar-refractivity contribution in [3.63, 3.8) is 0 Å². The molecule has 0 radical (unpaired) electrons. The molecule has 5 nitrogen and oxygen atoms in total. The lowest BCUT2D eigenvalue weighted by molar-refractivity contribution is 0.120. The Morgan fingerprint density at radius 1 is 1.07 bits per heavy atom. The fraction of sp³-hybridized carbons (Fsp3) is 0.273. The summed E-state index contributed by atoms with van der Waals surface area (Å²) in [6, 6.07) is 16.5. The number of fused-ring (bicyclic) bond motifs is 1. The van der Waals surface area contributed by atoms with Crippen LogP contribution in [0, 0.1) is 0 Å². The smallest absolute Gasteiger partial charge is 0.193 e. The minimum Gasteiger partial charge on any atom is -0.456 e. The summed E-state index contributed by atoms with van der Waals surface area (Å²) >= 11 is 0. The summed E-state index contributed by atoms with van der Waals surface area (Å²) in [7, 11) is 0. The van der Waals surface area contributed by atoms with Crippen molar-refractivity contribution >= 4 is 17.2 Å². The molecule has 0 bridgehead atoms. The summed E-state index contributed by atoms with van der Waals surface area (Å²) in [5, 5.41) is 4.63. The third-order valence-corrected chi connectivity index (χ3v) is 4.80. The zero-order chi connectivity index (χ0) is 18.5. The molecule has 1 fully saturated rings. The van der Waals surface area contributed by atoms with E-state index in [2.05, 4.69) is 10.1 Å². The van der Waals surface area contributed by atoms with Crippen LogP contribution in [0.3, 0.4) is 0 Å². The molecule has 0 saturated carbocycles. The maximum atomic E-state index is 12.2. The SMILES string of the molecule is O=c1cc(-c2ccc(/C=N/OCCN3CCCC3)cc2)oc2ccccc12. The lowest BCUT2D eigenvalue weighted by atomic mass is 10.1. The predicted molar refractivity (Wildman–Crippen MR) is 107 cm³/mol. The van der Waals surface area contributed by atoms with Crippen LogP contribution >= 0.6 is 0 Å². The van der Waals surface area contributed by atoms with Gasteiger partial charge in [-0.25, -0.2) is 0 Å². The molecule has 0 aliphatic carbocycles. The van der Waals surface area contributed by atoms with Gasteiger partial charge in [0.1, 0.15) is 18.0 Å². The molecule has 0 N–H and O–H groups in total. The molecule has 4 rings (SSSR count). The summed E-state index contributed by atoms with van der Waals surface area (Å²) in [4.78, 5) is 20.0. The van der Waals surface area contributed by atoms with E-state index in [1.54, 1.807) is 18.3 Å². The molecule has 0 amide bonds. The van der Waals surface area contributed by atoms with Gasteiger partial charge in [-0.3, -0.25) is 9.69 Å². The first-order valence-electron chi connectivity index (χ1n) is 9.31. The molecule has 0 atom stereocenters. The Labute approximate surface area is 157 Å². The summed E-state index contributed by atoms with van der Waals surface area (Å²) in [6.45, 7) is 3.87. The molecule has 1 saturated heterocycles. The van der Waals surface area contributed by atoms with E-state index in [0.29, 0.717) is 23.3 Å². The Hall–Kier alpha value is -2.92. The van der Waals surface area contributed by atoms with Crippen LogP contribution in [0.2, 0.25) is 0 Å². The van der Waals surface area contributed by atoms with Crippen LogP contribution < -0.4 is 5.43 Å². The van der Waals surface area contributed by atoms with E-state index in [4.69, 9.17) is 9.25 Å². The zero-order valence-corrected chi connectivity index (χ0v) is 15.1. The van der Waals surface area contributed by atoms with Crippen LogP contribution in [-0.4, -0.2) is 37.4 Å². The van der Waals surface area contributed by atoms with Crippen molar-refractivity contribution in [1.82, 2.24) is 4.90 Å². The molecule has 138 valence electrons. The number of likely N-dealkylation sites (tertiary alicyclic amines) is 1. The van der Waals surface area contributed by atoms with Gasteiger partial charge in [-0.15, -0.1) is 0 Å². The number of nitrogens with zero attached hydrogens (tertiary/aromatic N) is 2. The molecule has 27 heavy (non-hydrogen) atoms. The topological polar surface area (TPSA) is 55.0 Å². The lowest BCUT2D eigenvalue weighted by Crippen LogP contribution is -2.23. The molecule has 1 aliphatic heterocycles. The van der Waals surface area contributed by atoms with Crippen molar-refractivity contribution in [2.45, 2.75) is 12.8 Å². The van der Waals surface area contributed by atoms with E-state index in [0.717, 1.165) is 17.7 Å². The van der Waals surface area contributed by atoms with Gasteiger partial charge in [0.15, 0.2) is 5.43 Å². The van der Waals surface area contributed by atoms with E-state index in [-0.39, 0.29) is 5.43 Å². The lowest BCUT2D eigenvalue weighted by Gasteiger charge is -2.12. The number of hydrogen-bond donors (Lipinski definition) is 0. The van der Waals surface area contributed by atoms with Gasteiger partial charge in [0.25, 0.3) is 0 Å². The second-order valence-corrected chi connectivity index (χ2v) is 6.71. The minimum atomic E-state index is -0.0381.